The summed E-state index contributed by atoms with van der Waals surface area (Å²) in [5.41, 5.74) is 1.38. The van der Waals surface area contributed by atoms with E-state index in [1.165, 1.54) is 18.4 Å². The van der Waals surface area contributed by atoms with Crippen molar-refractivity contribution in [2.75, 3.05) is 13.1 Å². The van der Waals surface area contributed by atoms with E-state index in [1.54, 1.807) is 0 Å². The van der Waals surface area contributed by atoms with Crippen LogP contribution < -0.4 is 5.32 Å². The van der Waals surface area contributed by atoms with E-state index in [9.17, 15) is 0 Å². The molecule has 0 aromatic carbocycles. The fourth-order valence-electron chi connectivity index (χ4n) is 2.41. The average Bonchev–Trinajstić information content (AvgIpc) is 2.76. The van der Waals surface area contributed by atoms with Gasteiger partial charge in [0.05, 0.1) is 6.20 Å². The van der Waals surface area contributed by atoms with Crippen molar-refractivity contribution in [2.45, 2.75) is 53.5 Å². The van der Waals surface area contributed by atoms with E-state index in [0.29, 0.717) is 0 Å². The van der Waals surface area contributed by atoms with Crippen LogP contribution in [-0.2, 0) is 13.0 Å². The van der Waals surface area contributed by atoms with Crippen LogP contribution in [0.5, 0.6) is 0 Å². The minimum atomic E-state index is 0.728. The van der Waals surface area contributed by atoms with E-state index >= 15 is 0 Å². The fraction of sp³-hybridized carbons (Fsp3) is 0.800. The number of aryl methyl sites for hydroxylation is 1. The molecule has 0 aliphatic rings. The standard InChI is InChI=1S/C15H29N3/c1-5-7-16-10-14(8-13(3)4)9-15-11-17-18(6-2)12-15/h11-14,16H,5-10H2,1-4H3. The Morgan fingerprint density at radius 2 is 2.11 bits per heavy atom. The highest BCUT2D eigenvalue weighted by Gasteiger charge is 2.12. The zero-order chi connectivity index (χ0) is 13.4. The molecule has 1 N–H and O–H groups in total. The Labute approximate surface area is 112 Å². The molecule has 104 valence electrons. The van der Waals surface area contributed by atoms with Gasteiger partial charge in [-0.15, -0.1) is 0 Å². The van der Waals surface area contributed by atoms with Gasteiger partial charge in [0.25, 0.3) is 0 Å². The molecule has 1 aromatic heterocycles. The minimum absolute atomic E-state index is 0.728. The predicted octanol–water partition coefficient (Wildman–Crippen LogP) is 3.11. The molecule has 0 fully saturated rings. The molecule has 3 heteroatoms. The lowest BCUT2D eigenvalue weighted by Gasteiger charge is -2.19. The van der Waals surface area contributed by atoms with E-state index < -0.39 is 0 Å². The maximum Gasteiger partial charge on any atom is 0.0521 e. The third-order valence-electron chi connectivity index (χ3n) is 3.20. The van der Waals surface area contributed by atoms with Crippen molar-refractivity contribution in [3.8, 4) is 0 Å². The molecule has 0 aliphatic heterocycles. The lowest BCUT2D eigenvalue weighted by Crippen LogP contribution is -2.26. The fourth-order valence-corrected chi connectivity index (χ4v) is 2.41. The van der Waals surface area contributed by atoms with Crippen LogP contribution >= 0.6 is 0 Å². The Kier molecular flexibility index (Phi) is 7.02. The molecule has 0 aliphatic carbocycles. The number of nitrogens with zero attached hydrogens (tertiary/aromatic N) is 2. The first-order valence-electron chi connectivity index (χ1n) is 7.37. The Balaban J connectivity index is 2.48. The SMILES string of the molecule is CCCNCC(Cc1cnn(CC)c1)CC(C)C. The molecule has 0 bridgehead atoms. The van der Waals surface area contributed by atoms with Crippen molar-refractivity contribution < 1.29 is 0 Å². The molecule has 0 saturated heterocycles. The molecule has 0 amide bonds. The van der Waals surface area contributed by atoms with Crippen molar-refractivity contribution in [1.82, 2.24) is 15.1 Å². The van der Waals surface area contributed by atoms with Crippen molar-refractivity contribution in [1.29, 1.82) is 0 Å². The van der Waals surface area contributed by atoms with Gasteiger partial charge in [0.1, 0.15) is 0 Å². The molecule has 1 unspecified atom stereocenters. The van der Waals surface area contributed by atoms with Crippen LogP contribution in [0.4, 0.5) is 0 Å². The van der Waals surface area contributed by atoms with E-state index in [-0.39, 0.29) is 0 Å². The van der Waals surface area contributed by atoms with Gasteiger partial charge in [0.15, 0.2) is 0 Å². The van der Waals surface area contributed by atoms with Crippen LogP contribution in [-0.4, -0.2) is 22.9 Å². The van der Waals surface area contributed by atoms with Gasteiger partial charge in [-0.1, -0.05) is 20.8 Å². The van der Waals surface area contributed by atoms with Crippen LogP contribution in [0.25, 0.3) is 0 Å². The normalized spacial score (nSPS) is 13.2. The topological polar surface area (TPSA) is 29.9 Å². The molecule has 18 heavy (non-hydrogen) atoms. The van der Waals surface area contributed by atoms with E-state index in [1.807, 2.05) is 10.9 Å². The maximum atomic E-state index is 4.36. The number of hydrogen-bond donors (Lipinski definition) is 1. The van der Waals surface area contributed by atoms with Gasteiger partial charge in [-0.3, -0.25) is 4.68 Å². The van der Waals surface area contributed by atoms with Crippen molar-refractivity contribution in [3.05, 3.63) is 18.0 Å². The van der Waals surface area contributed by atoms with Gasteiger partial charge < -0.3 is 5.32 Å². The van der Waals surface area contributed by atoms with Crippen LogP contribution in [0.1, 0.15) is 46.1 Å². The number of hydrogen-bond acceptors (Lipinski definition) is 2. The maximum absolute atomic E-state index is 4.36. The minimum Gasteiger partial charge on any atom is -0.316 e. The largest absolute Gasteiger partial charge is 0.316 e. The first-order chi connectivity index (χ1) is 8.65. The van der Waals surface area contributed by atoms with Crippen LogP contribution in [0.15, 0.2) is 12.4 Å². The van der Waals surface area contributed by atoms with Crippen LogP contribution in [0, 0.1) is 11.8 Å². The second-order valence-electron chi connectivity index (χ2n) is 5.61. The summed E-state index contributed by atoms with van der Waals surface area (Å²) in [5, 5.41) is 7.91. The summed E-state index contributed by atoms with van der Waals surface area (Å²) in [4.78, 5) is 0. The Bertz CT molecular complexity index is 317. The van der Waals surface area contributed by atoms with Gasteiger partial charge in [0.2, 0.25) is 0 Å². The van der Waals surface area contributed by atoms with Crippen LogP contribution in [0.3, 0.4) is 0 Å². The average molecular weight is 251 g/mol. The smallest absolute Gasteiger partial charge is 0.0521 e. The Morgan fingerprint density at radius 3 is 2.67 bits per heavy atom. The molecule has 0 spiro atoms. The molecule has 1 atom stereocenters. The quantitative estimate of drug-likeness (QED) is 0.683. The number of nitrogens with one attached hydrogen (secondary N) is 1. The van der Waals surface area contributed by atoms with Crippen molar-refractivity contribution in [3.63, 3.8) is 0 Å². The summed E-state index contributed by atoms with van der Waals surface area (Å²) in [6.45, 7) is 12.2. The predicted molar refractivity (Wildman–Crippen MR) is 77.7 cm³/mol. The summed E-state index contributed by atoms with van der Waals surface area (Å²) in [6.07, 6.45) is 7.86. The summed E-state index contributed by atoms with van der Waals surface area (Å²) >= 11 is 0. The zero-order valence-electron chi connectivity index (χ0n) is 12.4. The first-order valence-corrected chi connectivity index (χ1v) is 7.37. The van der Waals surface area contributed by atoms with Gasteiger partial charge in [-0.2, -0.15) is 5.10 Å². The molecule has 0 radical (unpaired) electrons. The van der Waals surface area contributed by atoms with Gasteiger partial charge in [-0.05, 0) is 56.7 Å². The van der Waals surface area contributed by atoms with Gasteiger partial charge >= 0.3 is 0 Å². The van der Waals surface area contributed by atoms with Gasteiger partial charge in [-0.25, -0.2) is 0 Å². The van der Waals surface area contributed by atoms with Crippen molar-refractivity contribution in [2.24, 2.45) is 11.8 Å². The zero-order valence-corrected chi connectivity index (χ0v) is 12.4. The lowest BCUT2D eigenvalue weighted by atomic mass is 9.92. The summed E-state index contributed by atoms with van der Waals surface area (Å²) in [7, 11) is 0. The molecular weight excluding hydrogens is 222 g/mol. The van der Waals surface area contributed by atoms with Gasteiger partial charge in [0, 0.05) is 12.7 Å². The van der Waals surface area contributed by atoms with Crippen LogP contribution in [0.2, 0.25) is 0 Å². The second-order valence-corrected chi connectivity index (χ2v) is 5.61. The third-order valence-corrected chi connectivity index (χ3v) is 3.20. The molecule has 3 nitrogen and oxygen atoms in total. The first kappa shape index (κ1) is 15.2. The molecule has 1 aromatic rings. The number of aromatic nitrogens is 2. The van der Waals surface area contributed by atoms with E-state index in [4.69, 9.17) is 0 Å². The summed E-state index contributed by atoms with van der Waals surface area (Å²) in [5.74, 6) is 1.49. The summed E-state index contributed by atoms with van der Waals surface area (Å²) in [6, 6.07) is 0. The lowest BCUT2D eigenvalue weighted by molar-refractivity contribution is 0.385. The monoisotopic (exact) mass is 251 g/mol. The Morgan fingerprint density at radius 1 is 1.33 bits per heavy atom. The summed E-state index contributed by atoms with van der Waals surface area (Å²) < 4.78 is 2.02. The molecule has 1 rings (SSSR count). The molecule has 1 heterocycles. The molecular formula is C15H29N3. The Hall–Kier alpha value is -0.830. The highest BCUT2D eigenvalue weighted by Crippen LogP contribution is 2.16. The second kappa shape index (κ2) is 8.30. The number of rotatable bonds is 9. The molecule has 0 saturated carbocycles. The van der Waals surface area contributed by atoms with Crippen molar-refractivity contribution >= 4 is 0 Å². The highest BCUT2D eigenvalue weighted by atomic mass is 15.3. The third kappa shape index (κ3) is 5.67. The van der Waals surface area contributed by atoms with E-state index in [2.05, 4.69) is 44.3 Å². The van der Waals surface area contributed by atoms with E-state index in [0.717, 1.165) is 37.9 Å². The highest BCUT2D eigenvalue weighted by molar-refractivity contribution is 5.05.